The lowest BCUT2D eigenvalue weighted by molar-refractivity contribution is -0.310. The van der Waals surface area contributed by atoms with Crippen molar-refractivity contribution in [3.8, 4) is 0 Å². The summed E-state index contributed by atoms with van der Waals surface area (Å²) in [5.41, 5.74) is 0.787. The molecule has 0 atom stereocenters. The van der Waals surface area contributed by atoms with Crippen molar-refractivity contribution in [1.82, 2.24) is 0 Å². The molecule has 0 amide bonds. The molecule has 0 aliphatic rings. The van der Waals surface area contributed by atoms with Crippen LogP contribution >= 0.6 is 0 Å². The molecule has 0 bridgehead atoms. The summed E-state index contributed by atoms with van der Waals surface area (Å²) in [6, 6.07) is 7.54. The Labute approximate surface area is 83.8 Å². The van der Waals surface area contributed by atoms with E-state index in [0.717, 1.165) is 11.3 Å². The third-order valence-corrected chi connectivity index (χ3v) is 2.10. The molecule has 1 aromatic carbocycles. The zero-order valence-electron chi connectivity index (χ0n) is 8.63. The van der Waals surface area contributed by atoms with E-state index in [1.54, 1.807) is 13.8 Å². The van der Waals surface area contributed by atoms with E-state index < -0.39 is 11.5 Å². The van der Waals surface area contributed by atoms with Crippen LogP contribution < -0.4 is 10.4 Å². The molecule has 76 valence electrons. The van der Waals surface area contributed by atoms with Crippen molar-refractivity contribution in [1.29, 1.82) is 0 Å². The molecule has 1 rings (SSSR count). The number of hydrogen-bond acceptors (Lipinski definition) is 3. The fraction of sp³-hybridized carbons (Fsp3) is 0.364. The number of carbonyl (C=O) groups excluding carboxylic acids is 1. The molecule has 14 heavy (non-hydrogen) atoms. The van der Waals surface area contributed by atoms with Gasteiger partial charge in [-0.05, 0) is 32.4 Å². The average molecular weight is 192 g/mol. The molecule has 0 saturated carbocycles. The second-order valence-corrected chi connectivity index (χ2v) is 3.85. The molecule has 0 aliphatic carbocycles. The molecule has 0 heterocycles. The number of para-hydroxylation sites is 1. The Balaban J connectivity index is 2.89. The van der Waals surface area contributed by atoms with Crippen LogP contribution in [-0.2, 0) is 4.79 Å². The first-order valence-electron chi connectivity index (χ1n) is 4.49. The molecular weight excluding hydrogens is 178 g/mol. The van der Waals surface area contributed by atoms with Gasteiger partial charge in [0, 0.05) is 5.69 Å². The van der Waals surface area contributed by atoms with Crippen molar-refractivity contribution in [3.05, 3.63) is 29.8 Å². The third kappa shape index (κ3) is 2.25. The number of benzene rings is 1. The van der Waals surface area contributed by atoms with Crippen LogP contribution in [0.3, 0.4) is 0 Å². The van der Waals surface area contributed by atoms with E-state index in [1.165, 1.54) is 0 Å². The first kappa shape index (κ1) is 10.6. The molecule has 0 fully saturated rings. The number of carbonyl (C=O) groups is 1. The van der Waals surface area contributed by atoms with Crippen LogP contribution in [0, 0.1) is 6.92 Å². The predicted molar refractivity (Wildman–Crippen MR) is 53.9 cm³/mol. The topological polar surface area (TPSA) is 52.2 Å². The summed E-state index contributed by atoms with van der Waals surface area (Å²) >= 11 is 0. The van der Waals surface area contributed by atoms with E-state index >= 15 is 0 Å². The minimum atomic E-state index is -1.11. The van der Waals surface area contributed by atoms with Gasteiger partial charge in [0.1, 0.15) is 0 Å². The summed E-state index contributed by atoms with van der Waals surface area (Å²) in [5, 5.41) is 13.7. The van der Waals surface area contributed by atoms with Crippen LogP contribution in [0.25, 0.3) is 0 Å². The summed E-state index contributed by atoms with van der Waals surface area (Å²) in [6.45, 7) is 5.08. The molecule has 3 heteroatoms. The van der Waals surface area contributed by atoms with Crippen molar-refractivity contribution in [2.45, 2.75) is 26.3 Å². The van der Waals surface area contributed by atoms with Gasteiger partial charge in [0.05, 0.1) is 11.5 Å². The van der Waals surface area contributed by atoms with E-state index in [1.807, 2.05) is 31.2 Å². The normalized spacial score (nSPS) is 11.1. The Morgan fingerprint density at radius 2 is 1.93 bits per heavy atom. The smallest absolute Gasteiger partial charge is 0.0713 e. The highest BCUT2D eigenvalue weighted by Gasteiger charge is 2.18. The number of anilines is 1. The standard InChI is InChI=1S/C11H15NO2/c1-8-6-4-5-7-9(8)12-11(2,3)10(13)14/h4-7,12H,1-3H3,(H,13,14)/p-1. The van der Waals surface area contributed by atoms with Crippen molar-refractivity contribution in [2.75, 3.05) is 5.32 Å². The van der Waals surface area contributed by atoms with Crippen LogP contribution in [0.5, 0.6) is 0 Å². The Hall–Kier alpha value is -1.51. The van der Waals surface area contributed by atoms with Gasteiger partial charge in [0.25, 0.3) is 0 Å². The Morgan fingerprint density at radius 1 is 1.36 bits per heavy atom. The summed E-state index contributed by atoms with van der Waals surface area (Å²) in [4.78, 5) is 10.8. The zero-order valence-corrected chi connectivity index (χ0v) is 8.63. The van der Waals surface area contributed by atoms with Crippen molar-refractivity contribution in [3.63, 3.8) is 0 Å². The molecule has 0 saturated heterocycles. The Bertz CT molecular complexity index is 345. The largest absolute Gasteiger partial charge is 0.548 e. The first-order valence-corrected chi connectivity index (χ1v) is 4.49. The molecule has 0 radical (unpaired) electrons. The van der Waals surface area contributed by atoms with Crippen LogP contribution in [-0.4, -0.2) is 11.5 Å². The Kier molecular flexibility index (Phi) is 2.79. The second-order valence-electron chi connectivity index (χ2n) is 3.85. The van der Waals surface area contributed by atoms with E-state index in [2.05, 4.69) is 5.32 Å². The maximum atomic E-state index is 10.8. The molecule has 3 nitrogen and oxygen atoms in total. The van der Waals surface area contributed by atoms with Gasteiger partial charge in [0.2, 0.25) is 0 Å². The summed E-state index contributed by atoms with van der Waals surface area (Å²) < 4.78 is 0. The average Bonchev–Trinajstić information content (AvgIpc) is 2.08. The quantitative estimate of drug-likeness (QED) is 0.775. The van der Waals surface area contributed by atoms with Crippen LogP contribution in [0.4, 0.5) is 5.69 Å². The van der Waals surface area contributed by atoms with Crippen molar-refractivity contribution < 1.29 is 9.90 Å². The number of carboxylic acids is 1. The molecule has 0 aromatic heterocycles. The maximum Gasteiger partial charge on any atom is 0.0713 e. The van der Waals surface area contributed by atoms with Gasteiger partial charge in [-0.1, -0.05) is 18.2 Å². The van der Waals surface area contributed by atoms with Gasteiger partial charge >= 0.3 is 0 Å². The number of rotatable bonds is 3. The SMILES string of the molecule is Cc1ccccc1NC(C)(C)C(=O)[O-]. The second kappa shape index (κ2) is 3.70. The molecule has 1 aromatic rings. The predicted octanol–water partition coefficient (Wildman–Crippen LogP) is 0.935. The van der Waals surface area contributed by atoms with Gasteiger partial charge in [-0.3, -0.25) is 0 Å². The van der Waals surface area contributed by atoms with Gasteiger partial charge in [-0.25, -0.2) is 0 Å². The van der Waals surface area contributed by atoms with Gasteiger partial charge in [-0.2, -0.15) is 0 Å². The lowest BCUT2D eigenvalue weighted by atomic mass is 10.0. The highest BCUT2D eigenvalue weighted by atomic mass is 16.4. The van der Waals surface area contributed by atoms with E-state index in [4.69, 9.17) is 0 Å². The molecule has 0 spiro atoms. The third-order valence-electron chi connectivity index (χ3n) is 2.10. The highest BCUT2D eigenvalue weighted by Crippen LogP contribution is 2.18. The van der Waals surface area contributed by atoms with Crippen molar-refractivity contribution in [2.24, 2.45) is 0 Å². The Morgan fingerprint density at radius 3 is 2.43 bits per heavy atom. The van der Waals surface area contributed by atoms with E-state index in [0.29, 0.717) is 0 Å². The molecular formula is C11H14NO2-. The lowest BCUT2D eigenvalue weighted by Gasteiger charge is -2.29. The first-order chi connectivity index (χ1) is 6.43. The zero-order chi connectivity index (χ0) is 10.8. The van der Waals surface area contributed by atoms with E-state index in [9.17, 15) is 9.90 Å². The fourth-order valence-corrected chi connectivity index (χ4v) is 1.10. The number of aryl methyl sites for hydroxylation is 1. The van der Waals surface area contributed by atoms with Crippen LogP contribution in [0.2, 0.25) is 0 Å². The molecule has 0 aliphatic heterocycles. The van der Waals surface area contributed by atoms with Gasteiger partial charge in [0.15, 0.2) is 0 Å². The maximum absolute atomic E-state index is 10.8. The summed E-state index contributed by atoms with van der Waals surface area (Å²) in [6.07, 6.45) is 0. The minimum Gasteiger partial charge on any atom is -0.548 e. The number of carboxylic acid groups (broad SMARTS) is 1. The van der Waals surface area contributed by atoms with Crippen molar-refractivity contribution >= 4 is 11.7 Å². The van der Waals surface area contributed by atoms with Crippen LogP contribution in [0.15, 0.2) is 24.3 Å². The minimum absolute atomic E-state index is 0.821. The van der Waals surface area contributed by atoms with Gasteiger partial charge < -0.3 is 15.2 Å². The fourth-order valence-electron chi connectivity index (χ4n) is 1.10. The van der Waals surface area contributed by atoms with E-state index in [-0.39, 0.29) is 0 Å². The highest BCUT2D eigenvalue weighted by molar-refractivity contribution is 5.80. The van der Waals surface area contributed by atoms with Crippen LogP contribution in [0.1, 0.15) is 19.4 Å². The lowest BCUT2D eigenvalue weighted by Crippen LogP contribution is -2.49. The van der Waals surface area contributed by atoms with Gasteiger partial charge in [-0.15, -0.1) is 0 Å². The molecule has 0 unspecified atom stereocenters. The number of hydrogen-bond donors (Lipinski definition) is 1. The molecule has 1 N–H and O–H groups in total. The summed E-state index contributed by atoms with van der Waals surface area (Å²) in [7, 11) is 0. The summed E-state index contributed by atoms with van der Waals surface area (Å²) in [5.74, 6) is -1.11. The number of aliphatic carboxylic acids is 1. The number of nitrogens with one attached hydrogen (secondary N) is 1. The monoisotopic (exact) mass is 192 g/mol.